The van der Waals surface area contributed by atoms with Gasteiger partial charge in [0.05, 0.1) is 7.11 Å². The molecule has 0 aliphatic carbocycles. The van der Waals surface area contributed by atoms with E-state index in [1.54, 1.807) is 7.11 Å². The zero-order valence-corrected chi connectivity index (χ0v) is 12.7. The highest BCUT2D eigenvalue weighted by Gasteiger charge is 2.02. The Balaban J connectivity index is 1.94. The minimum Gasteiger partial charge on any atom is -0.496 e. The maximum absolute atomic E-state index is 5.33. The summed E-state index contributed by atoms with van der Waals surface area (Å²) in [4.78, 5) is 4.32. The molecular weight excluding hydrogens is 304 g/mol. The van der Waals surface area contributed by atoms with Crippen molar-refractivity contribution in [3.8, 4) is 5.75 Å². The minimum atomic E-state index is 0.828. The molecule has 1 heterocycles. The molecule has 0 unspecified atom stereocenters. The fourth-order valence-corrected chi connectivity index (χ4v) is 2.09. The van der Waals surface area contributed by atoms with Gasteiger partial charge in [0.15, 0.2) is 0 Å². The number of aryl methyl sites for hydroxylation is 1. The molecule has 0 saturated carbocycles. The number of rotatable bonds is 5. The Morgan fingerprint density at radius 1 is 1.32 bits per heavy atom. The normalized spacial score (nSPS) is 10.3. The number of hydrogen-bond acceptors (Lipinski definition) is 3. The molecule has 4 heteroatoms. The summed E-state index contributed by atoms with van der Waals surface area (Å²) in [6, 6.07) is 10.1. The van der Waals surface area contributed by atoms with Crippen LogP contribution in [0.1, 0.15) is 11.1 Å². The number of anilines is 1. The quantitative estimate of drug-likeness (QED) is 0.909. The van der Waals surface area contributed by atoms with Gasteiger partial charge in [-0.3, -0.25) is 0 Å². The van der Waals surface area contributed by atoms with Crippen molar-refractivity contribution >= 4 is 21.7 Å². The van der Waals surface area contributed by atoms with E-state index < -0.39 is 0 Å². The van der Waals surface area contributed by atoms with E-state index >= 15 is 0 Å². The first-order chi connectivity index (χ1) is 9.20. The second-order valence-corrected chi connectivity index (χ2v) is 5.16. The highest BCUT2D eigenvalue weighted by atomic mass is 79.9. The molecule has 1 aromatic carbocycles. The number of para-hydroxylation sites is 1. The van der Waals surface area contributed by atoms with E-state index in [1.807, 2.05) is 30.5 Å². The molecule has 0 radical (unpaired) electrons. The van der Waals surface area contributed by atoms with Crippen molar-refractivity contribution in [2.24, 2.45) is 0 Å². The first kappa shape index (κ1) is 13.9. The van der Waals surface area contributed by atoms with Crippen LogP contribution in [0.25, 0.3) is 0 Å². The second-order valence-electron chi connectivity index (χ2n) is 4.31. The zero-order chi connectivity index (χ0) is 13.7. The van der Waals surface area contributed by atoms with Gasteiger partial charge >= 0.3 is 0 Å². The highest BCUT2D eigenvalue weighted by molar-refractivity contribution is 9.10. The molecule has 3 nitrogen and oxygen atoms in total. The van der Waals surface area contributed by atoms with Crippen LogP contribution in [0.5, 0.6) is 5.75 Å². The molecule has 0 atom stereocenters. The minimum absolute atomic E-state index is 0.828. The van der Waals surface area contributed by atoms with Gasteiger partial charge in [0.1, 0.15) is 11.6 Å². The van der Waals surface area contributed by atoms with E-state index in [2.05, 4.69) is 39.2 Å². The zero-order valence-electron chi connectivity index (χ0n) is 11.1. The van der Waals surface area contributed by atoms with Crippen LogP contribution >= 0.6 is 15.9 Å². The molecule has 1 aromatic heterocycles. The van der Waals surface area contributed by atoms with Crippen molar-refractivity contribution in [3.63, 3.8) is 0 Å². The summed E-state index contributed by atoms with van der Waals surface area (Å²) in [5.74, 6) is 1.83. The fourth-order valence-electron chi connectivity index (χ4n) is 1.87. The monoisotopic (exact) mass is 320 g/mol. The molecule has 0 aliphatic heterocycles. The summed E-state index contributed by atoms with van der Waals surface area (Å²) >= 11 is 3.45. The van der Waals surface area contributed by atoms with Crippen molar-refractivity contribution in [1.82, 2.24) is 4.98 Å². The Morgan fingerprint density at radius 3 is 2.84 bits per heavy atom. The molecule has 19 heavy (non-hydrogen) atoms. The molecule has 0 saturated heterocycles. The van der Waals surface area contributed by atoms with Gasteiger partial charge in [-0.2, -0.15) is 0 Å². The average molecular weight is 321 g/mol. The van der Waals surface area contributed by atoms with Gasteiger partial charge in [-0.15, -0.1) is 0 Å². The number of ether oxygens (including phenoxy) is 1. The molecule has 0 bridgehead atoms. The smallest absolute Gasteiger partial charge is 0.126 e. The molecule has 0 aliphatic rings. The van der Waals surface area contributed by atoms with Crippen molar-refractivity contribution in [2.45, 2.75) is 13.3 Å². The third-order valence-corrected chi connectivity index (χ3v) is 3.77. The Morgan fingerprint density at radius 2 is 2.11 bits per heavy atom. The lowest BCUT2D eigenvalue weighted by Crippen LogP contribution is -2.07. The lowest BCUT2D eigenvalue weighted by Gasteiger charge is -2.10. The van der Waals surface area contributed by atoms with E-state index in [0.717, 1.165) is 29.0 Å². The molecule has 0 fully saturated rings. The SMILES string of the molecule is COc1ccccc1CCNc1cc(C)c(Br)cn1. The standard InChI is InChI=1S/C15H17BrN2O/c1-11-9-15(18-10-13(11)16)17-8-7-12-5-3-4-6-14(12)19-2/h3-6,9-10H,7-8H2,1-2H3,(H,17,18). The molecule has 1 N–H and O–H groups in total. The lowest BCUT2D eigenvalue weighted by atomic mass is 10.1. The first-order valence-electron chi connectivity index (χ1n) is 6.18. The maximum atomic E-state index is 5.33. The number of benzene rings is 1. The highest BCUT2D eigenvalue weighted by Crippen LogP contribution is 2.19. The van der Waals surface area contributed by atoms with Gasteiger partial charge in [0.25, 0.3) is 0 Å². The summed E-state index contributed by atoms with van der Waals surface area (Å²) in [7, 11) is 1.70. The Kier molecular flexibility index (Phi) is 4.80. The van der Waals surface area contributed by atoms with E-state index in [9.17, 15) is 0 Å². The van der Waals surface area contributed by atoms with Crippen molar-refractivity contribution in [1.29, 1.82) is 0 Å². The van der Waals surface area contributed by atoms with Crippen LogP contribution in [0.15, 0.2) is 41.0 Å². The fraction of sp³-hybridized carbons (Fsp3) is 0.267. The molecule has 100 valence electrons. The number of nitrogens with zero attached hydrogens (tertiary/aromatic N) is 1. The number of pyridine rings is 1. The van der Waals surface area contributed by atoms with Crippen LogP contribution in [-0.4, -0.2) is 18.6 Å². The molecule has 2 aromatic rings. The van der Waals surface area contributed by atoms with Gasteiger partial charge in [0.2, 0.25) is 0 Å². The number of aromatic nitrogens is 1. The largest absolute Gasteiger partial charge is 0.496 e. The van der Waals surface area contributed by atoms with E-state index in [0.29, 0.717) is 0 Å². The first-order valence-corrected chi connectivity index (χ1v) is 6.98. The third kappa shape index (κ3) is 3.70. The lowest BCUT2D eigenvalue weighted by molar-refractivity contribution is 0.410. The van der Waals surface area contributed by atoms with Gasteiger partial charge in [-0.1, -0.05) is 18.2 Å². The van der Waals surface area contributed by atoms with Crippen molar-refractivity contribution in [3.05, 3.63) is 52.1 Å². The van der Waals surface area contributed by atoms with E-state index in [-0.39, 0.29) is 0 Å². The van der Waals surface area contributed by atoms with Gasteiger partial charge in [0, 0.05) is 17.2 Å². The number of nitrogens with one attached hydrogen (secondary N) is 1. The summed E-state index contributed by atoms with van der Waals surface area (Å²) in [6.45, 7) is 2.88. The number of halogens is 1. The second kappa shape index (κ2) is 6.57. The topological polar surface area (TPSA) is 34.1 Å². The van der Waals surface area contributed by atoms with Crippen LogP contribution in [0, 0.1) is 6.92 Å². The Labute approximate surface area is 122 Å². The molecule has 2 rings (SSSR count). The molecule has 0 amide bonds. The summed E-state index contributed by atoms with van der Waals surface area (Å²) in [5, 5.41) is 3.32. The van der Waals surface area contributed by atoms with E-state index in [4.69, 9.17) is 4.74 Å². The Bertz CT molecular complexity index is 558. The third-order valence-electron chi connectivity index (χ3n) is 2.94. The van der Waals surface area contributed by atoms with Crippen molar-refractivity contribution in [2.75, 3.05) is 19.0 Å². The molecular formula is C15H17BrN2O. The van der Waals surface area contributed by atoms with Gasteiger partial charge in [-0.25, -0.2) is 4.98 Å². The summed E-state index contributed by atoms with van der Waals surface area (Å²) < 4.78 is 6.36. The summed E-state index contributed by atoms with van der Waals surface area (Å²) in [6.07, 6.45) is 2.72. The Hall–Kier alpha value is -1.55. The van der Waals surface area contributed by atoms with Crippen LogP contribution < -0.4 is 10.1 Å². The maximum Gasteiger partial charge on any atom is 0.126 e. The average Bonchev–Trinajstić information content (AvgIpc) is 2.43. The van der Waals surface area contributed by atoms with Gasteiger partial charge < -0.3 is 10.1 Å². The number of methoxy groups -OCH3 is 1. The van der Waals surface area contributed by atoms with Crippen LogP contribution in [0.4, 0.5) is 5.82 Å². The van der Waals surface area contributed by atoms with Gasteiger partial charge in [-0.05, 0) is 52.5 Å². The van der Waals surface area contributed by atoms with Crippen molar-refractivity contribution < 1.29 is 4.74 Å². The van der Waals surface area contributed by atoms with Crippen LogP contribution in [0.2, 0.25) is 0 Å². The van der Waals surface area contributed by atoms with Crippen LogP contribution in [0.3, 0.4) is 0 Å². The number of hydrogen-bond donors (Lipinski definition) is 1. The van der Waals surface area contributed by atoms with E-state index in [1.165, 1.54) is 11.1 Å². The predicted octanol–water partition coefficient (Wildman–Crippen LogP) is 3.82. The predicted molar refractivity (Wildman–Crippen MR) is 81.9 cm³/mol. The summed E-state index contributed by atoms with van der Waals surface area (Å²) in [5.41, 5.74) is 2.38. The van der Waals surface area contributed by atoms with Crippen LogP contribution in [-0.2, 0) is 6.42 Å². The molecule has 0 spiro atoms.